The number of nitrogens with zero attached hydrogens (tertiary/aromatic N) is 1. The summed E-state index contributed by atoms with van der Waals surface area (Å²) < 4.78 is 0. The first-order chi connectivity index (χ1) is 32.3. The van der Waals surface area contributed by atoms with Crippen LogP contribution in [0.2, 0.25) is 0 Å². The van der Waals surface area contributed by atoms with E-state index in [0.717, 1.165) is 17.1 Å². The minimum atomic E-state index is 1.08. The van der Waals surface area contributed by atoms with E-state index in [2.05, 4.69) is 254 Å². The van der Waals surface area contributed by atoms with Gasteiger partial charge in [-0.05, 0) is 139 Å². The van der Waals surface area contributed by atoms with Gasteiger partial charge >= 0.3 is 0 Å². The Bertz CT molecular complexity index is 4020. The number of anilines is 3. The van der Waals surface area contributed by atoms with E-state index in [0.29, 0.717) is 0 Å². The zero-order valence-corrected chi connectivity index (χ0v) is 35.6. The summed E-state index contributed by atoms with van der Waals surface area (Å²) in [5, 5.41) is 19.9. The molecule has 13 aromatic carbocycles. The van der Waals surface area contributed by atoms with E-state index < -0.39 is 0 Å². The molecule has 0 aliphatic rings. The number of fused-ring (bicyclic) bond motifs is 11. The zero-order valence-electron chi connectivity index (χ0n) is 35.6. The Labute approximate surface area is 377 Å². The van der Waals surface area contributed by atoms with Crippen molar-refractivity contribution in [3.63, 3.8) is 0 Å². The molecule has 0 unspecified atom stereocenters. The number of benzene rings is 12. The normalized spacial score (nSPS) is 11.7. The predicted octanol–water partition coefficient (Wildman–Crippen LogP) is 18.3. The molecule has 0 saturated carbocycles. The van der Waals surface area contributed by atoms with E-state index >= 15 is 0 Å². The third-order valence-corrected chi connectivity index (χ3v) is 13.6. The molecule has 0 aliphatic heterocycles. The SMILES string of the molecule is c1ccc(-c2ccc(N(c3ccc4c(c3)c3ccccc3c3ccccc3c3ccccc3c3c4cc4ccc5cccc6ccc3c4c56)c3ccccc3-c3ccccc3)cc2)cc1. The van der Waals surface area contributed by atoms with Crippen LogP contribution in [0.25, 0.3) is 108 Å². The lowest BCUT2D eigenvalue weighted by molar-refractivity contribution is 1.29. The minimum Gasteiger partial charge on any atom is -0.310 e. The molecule has 0 aliphatic carbocycles. The van der Waals surface area contributed by atoms with Crippen molar-refractivity contribution in [1.82, 2.24) is 0 Å². The number of para-hydroxylation sites is 1. The molecular weight excluding hydrogens is 783 g/mol. The Kier molecular flexibility index (Phi) is 8.60. The Balaban J connectivity index is 1.21. The van der Waals surface area contributed by atoms with Crippen molar-refractivity contribution in [1.29, 1.82) is 0 Å². The minimum absolute atomic E-state index is 1.08. The van der Waals surface area contributed by atoms with Crippen LogP contribution >= 0.6 is 0 Å². The molecule has 0 amide bonds. The second-order valence-corrected chi connectivity index (χ2v) is 17.2. The van der Waals surface area contributed by atoms with Gasteiger partial charge in [-0.1, -0.05) is 212 Å². The van der Waals surface area contributed by atoms with Gasteiger partial charge in [-0.25, -0.2) is 0 Å². The second kappa shape index (κ2) is 15.1. The van der Waals surface area contributed by atoms with Crippen LogP contribution in [0.5, 0.6) is 0 Å². The molecular formula is C64H41N. The van der Waals surface area contributed by atoms with Crippen molar-refractivity contribution >= 4 is 103 Å². The highest BCUT2D eigenvalue weighted by atomic mass is 15.1. The van der Waals surface area contributed by atoms with Crippen molar-refractivity contribution in [3.8, 4) is 22.3 Å². The van der Waals surface area contributed by atoms with Crippen LogP contribution in [0.4, 0.5) is 17.1 Å². The van der Waals surface area contributed by atoms with E-state index in [-0.39, 0.29) is 0 Å². The fraction of sp³-hybridized carbons (Fsp3) is 0. The third kappa shape index (κ3) is 6.01. The standard InChI is InChI=1S/C64H41N/c1-3-16-42(17-4-1)43-32-35-48(36-33-43)65(61-29-14-13-22-50(61)44-18-5-2-6-19-44)49-37-39-56-59(41-49)55-27-10-9-25-53(55)51-23-7-8-24-52(51)54-26-11-12-28-57(54)64-58-38-34-46-21-15-20-45-30-31-47(40-60(56)64)63(58)62(45)46/h1-41H. The number of rotatable bonds is 5. The summed E-state index contributed by atoms with van der Waals surface area (Å²) in [4.78, 5) is 2.45. The van der Waals surface area contributed by atoms with E-state index in [9.17, 15) is 0 Å². The summed E-state index contributed by atoms with van der Waals surface area (Å²) in [5.74, 6) is 0. The summed E-state index contributed by atoms with van der Waals surface area (Å²) in [7, 11) is 0. The zero-order chi connectivity index (χ0) is 42.8. The number of hydrogen-bond acceptors (Lipinski definition) is 1. The lowest BCUT2D eigenvalue weighted by Crippen LogP contribution is -2.11. The van der Waals surface area contributed by atoms with Crippen molar-refractivity contribution in [3.05, 3.63) is 249 Å². The highest BCUT2D eigenvalue weighted by molar-refractivity contribution is 6.36. The molecule has 0 heterocycles. The topological polar surface area (TPSA) is 3.24 Å². The van der Waals surface area contributed by atoms with Crippen LogP contribution in [0, 0.1) is 0 Å². The average Bonchev–Trinajstić information content (AvgIpc) is 3.38. The largest absolute Gasteiger partial charge is 0.310 e. The van der Waals surface area contributed by atoms with Gasteiger partial charge < -0.3 is 4.90 Å². The van der Waals surface area contributed by atoms with Gasteiger partial charge in [-0.15, -0.1) is 0 Å². The van der Waals surface area contributed by atoms with E-state index in [1.165, 1.54) is 108 Å². The average molecular weight is 824 g/mol. The fourth-order valence-electron chi connectivity index (χ4n) is 10.7. The highest BCUT2D eigenvalue weighted by Gasteiger charge is 2.20. The number of hydrogen-bond donors (Lipinski definition) is 0. The third-order valence-electron chi connectivity index (χ3n) is 13.6. The van der Waals surface area contributed by atoms with Crippen LogP contribution in [-0.4, -0.2) is 0 Å². The molecule has 0 aromatic heterocycles. The maximum absolute atomic E-state index is 2.47. The van der Waals surface area contributed by atoms with Crippen molar-refractivity contribution in [2.75, 3.05) is 4.90 Å². The molecule has 13 aromatic rings. The van der Waals surface area contributed by atoms with Gasteiger partial charge in [-0.2, -0.15) is 0 Å². The lowest BCUT2D eigenvalue weighted by Gasteiger charge is -2.28. The van der Waals surface area contributed by atoms with Crippen LogP contribution in [0.3, 0.4) is 0 Å². The van der Waals surface area contributed by atoms with E-state index in [1.54, 1.807) is 0 Å². The molecule has 0 radical (unpaired) electrons. The maximum atomic E-state index is 2.47. The molecule has 13 rings (SSSR count). The summed E-state index contributed by atoms with van der Waals surface area (Å²) in [6.07, 6.45) is 0. The van der Waals surface area contributed by atoms with Gasteiger partial charge in [-0.3, -0.25) is 0 Å². The fourth-order valence-corrected chi connectivity index (χ4v) is 10.7. The summed E-state index contributed by atoms with van der Waals surface area (Å²) in [6, 6.07) is 92.0. The Morgan fingerprint density at radius 2 is 0.692 bits per heavy atom. The van der Waals surface area contributed by atoms with Gasteiger partial charge in [0.2, 0.25) is 0 Å². The lowest BCUT2D eigenvalue weighted by atomic mass is 9.88. The Morgan fingerprint density at radius 3 is 1.37 bits per heavy atom. The summed E-state index contributed by atoms with van der Waals surface area (Å²) >= 11 is 0. The predicted molar refractivity (Wildman–Crippen MR) is 281 cm³/mol. The van der Waals surface area contributed by atoms with Crippen LogP contribution in [0.15, 0.2) is 249 Å². The van der Waals surface area contributed by atoms with E-state index in [1.807, 2.05) is 0 Å². The molecule has 0 atom stereocenters. The monoisotopic (exact) mass is 823 g/mol. The Hall–Kier alpha value is -8.52. The van der Waals surface area contributed by atoms with Crippen molar-refractivity contribution < 1.29 is 0 Å². The van der Waals surface area contributed by atoms with Crippen LogP contribution in [-0.2, 0) is 0 Å². The molecule has 1 heteroatoms. The van der Waals surface area contributed by atoms with Gasteiger partial charge in [0.05, 0.1) is 5.69 Å². The first-order valence-electron chi connectivity index (χ1n) is 22.5. The van der Waals surface area contributed by atoms with Gasteiger partial charge in [0, 0.05) is 16.9 Å². The quantitative estimate of drug-likeness (QED) is 0.156. The van der Waals surface area contributed by atoms with Gasteiger partial charge in [0.1, 0.15) is 0 Å². The summed E-state index contributed by atoms with van der Waals surface area (Å²) in [6.45, 7) is 0. The molecule has 65 heavy (non-hydrogen) atoms. The molecule has 0 spiro atoms. The molecule has 0 bridgehead atoms. The smallest absolute Gasteiger partial charge is 0.0540 e. The molecule has 302 valence electrons. The first-order valence-corrected chi connectivity index (χ1v) is 22.5. The Morgan fingerprint density at radius 1 is 0.215 bits per heavy atom. The molecule has 0 N–H and O–H groups in total. The maximum Gasteiger partial charge on any atom is 0.0540 e. The van der Waals surface area contributed by atoms with Crippen molar-refractivity contribution in [2.24, 2.45) is 0 Å². The van der Waals surface area contributed by atoms with Gasteiger partial charge in [0.15, 0.2) is 0 Å². The highest BCUT2D eigenvalue weighted by Crippen LogP contribution is 2.46. The molecule has 0 saturated heterocycles. The molecule has 1 nitrogen and oxygen atoms in total. The summed E-state index contributed by atoms with van der Waals surface area (Å²) in [5.41, 5.74) is 8.01. The van der Waals surface area contributed by atoms with Gasteiger partial charge in [0.25, 0.3) is 0 Å². The molecule has 0 fully saturated rings. The van der Waals surface area contributed by atoms with E-state index in [4.69, 9.17) is 0 Å². The van der Waals surface area contributed by atoms with Crippen LogP contribution in [0.1, 0.15) is 0 Å². The first kappa shape index (κ1) is 37.1. The van der Waals surface area contributed by atoms with Crippen molar-refractivity contribution in [2.45, 2.75) is 0 Å². The second-order valence-electron chi connectivity index (χ2n) is 17.2. The van der Waals surface area contributed by atoms with Crippen LogP contribution < -0.4 is 4.90 Å².